The molecule has 0 atom stereocenters. The van der Waals surface area contributed by atoms with E-state index in [2.05, 4.69) is 20.8 Å². The summed E-state index contributed by atoms with van der Waals surface area (Å²) in [6.07, 6.45) is 2.72. The van der Waals surface area contributed by atoms with E-state index in [1.54, 1.807) is 42.2 Å². The average Bonchev–Trinajstić information content (AvgIpc) is 3.68. The predicted molar refractivity (Wildman–Crippen MR) is 152 cm³/mol. The number of nitrogens with zero attached hydrogens (tertiary/aromatic N) is 3. The van der Waals surface area contributed by atoms with Gasteiger partial charge >= 0.3 is 0 Å². The molecule has 0 radical (unpaired) electrons. The number of halogens is 1. The number of para-hydroxylation sites is 1. The van der Waals surface area contributed by atoms with Crippen LogP contribution in [0.15, 0.2) is 60.7 Å². The maximum atomic E-state index is 13.7. The number of carbonyl (C=O) groups excluding carboxylic acids is 3. The van der Waals surface area contributed by atoms with E-state index in [4.69, 9.17) is 11.6 Å². The summed E-state index contributed by atoms with van der Waals surface area (Å²) in [5.74, 6) is -0.570. The molecule has 0 spiro atoms. The normalized spacial score (nSPS) is 14.2. The summed E-state index contributed by atoms with van der Waals surface area (Å²) in [7, 11) is 0. The van der Waals surface area contributed by atoms with Crippen LogP contribution in [0.5, 0.6) is 0 Å². The van der Waals surface area contributed by atoms with Crippen molar-refractivity contribution in [3.63, 3.8) is 0 Å². The van der Waals surface area contributed by atoms with E-state index in [1.165, 1.54) is 11.3 Å². The number of benzene rings is 2. The number of rotatable bonds is 5. The number of aryl methyl sites for hydroxylation is 1. The molecular formula is C29H24ClN5O3S. The van der Waals surface area contributed by atoms with E-state index in [9.17, 15) is 14.4 Å². The first kappa shape index (κ1) is 25.2. The number of hydrogen-bond acceptors (Lipinski definition) is 6. The molecule has 0 bridgehead atoms. The number of nitrogens with one attached hydrogen (secondary N) is 2. The van der Waals surface area contributed by atoms with Crippen LogP contribution in [-0.4, -0.2) is 40.5 Å². The van der Waals surface area contributed by atoms with Crippen molar-refractivity contribution in [3.8, 4) is 10.4 Å². The number of fused-ring (bicyclic) bond motifs is 3. The number of carbonyl (C=O) groups is 3. The lowest BCUT2D eigenvalue weighted by Gasteiger charge is -2.23. The monoisotopic (exact) mass is 557 g/mol. The molecule has 39 heavy (non-hydrogen) atoms. The van der Waals surface area contributed by atoms with Gasteiger partial charge in [0, 0.05) is 34.3 Å². The second kappa shape index (κ2) is 10.2. The minimum atomic E-state index is -0.408. The second-order valence-electron chi connectivity index (χ2n) is 9.66. The zero-order chi connectivity index (χ0) is 27.1. The fraction of sp³-hybridized carbons (Fsp3) is 0.207. The first-order valence-corrected chi connectivity index (χ1v) is 13.8. The van der Waals surface area contributed by atoms with Crippen molar-refractivity contribution in [1.29, 1.82) is 0 Å². The summed E-state index contributed by atoms with van der Waals surface area (Å²) in [4.78, 5) is 42.5. The Kier molecular flexibility index (Phi) is 6.62. The molecule has 2 aromatic heterocycles. The maximum Gasteiger partial charge on any atom is 0.261 e. The van der Waals surface area contributed by atoms with Crippen LogP contribution in [0.3, 0.4) is 0 Å². The average molecular weight is 558 g/mol. The number of aromatic nitrogens is 2. The number of hydrogen-bond donors (Lipinski definition) is 2. The quantitative estimate of drug-likeness (QED) is 0.336. The van der Waals surface area contributed by atoms with Gasteiger partial charge in [0.25, 0.3) is 17.7 Å². The maximum absolute atomic E-state index is 13.7. The Morgan fingerprint density at radius 3 is 2.54 bits per heavy atom. The molecule has 3 amide bonds. The first-order chi connectivity index (χ1) is 18.9. The zero-order valence-corrected chi connectivity index (χ0v) is 22.6. The van der Waals surface area contributed by atoms with Crippen LogP contribution in [0.4, 0.5) is 11.4 Å². The molecule has 8 nitrogen and oxygen atoms in total. The van der Waals surface area contributed by atoms with Gasteiger partial charge in [0.2, 0.25) is 0 Å². The van der Waals surface area contributed by atoms with Gasteiger partial charge in [-0.3, -0.25) is 14.4 Å². The van der Waals surface area contributed by atoms with Gasteiger partial charge in [0.05, 0.1) is 21.8 Å². The van der Waals surface area contributed by atoms with Crippen LogP contribution in [0, 0.1) is 6.92 Å². The Hall–Kier alpha value is -4.08. The Morgan fingerprint density at radius 1 is 1.00 bits per heavy atom. The molecule has 1 aliphatic heterocycles. The Balaban J connectivity index is 1.22. The smallest absolute Gasteiger partial charge is 0.261 e. The molecule has 196 valence electrons. The molecule has 1 saturated carbocycles. The molecule has 6 rings (SSSR count). The van der Waals surface area contributed by atoms with Crippen LogP contribution in [0.1, 0.15) is 54.5 Å². The molecule has 2 N–H and O–H groups in total. The van der Waals surface area contributed by atoms with Crippen LogP contribution in [-0.2, 0) is 6.42 Å². The molecule has 1 fully saturated rings. The van der Waals surface area contributed by atoms with Crippen molar-refractivity contribution < 1.29 is 14.4 Å². The van der Waals surface area contributed by atoms with Crippen molar-refractivity contribution in [2.24, 2.45) is 0 Å². The van der Waals surface area contributed by atoms with Gasteiger partial charge in [-0.15, -0.1) is 16.4 Å². The lowest BCUT2D eigenvalue weighted by molar-refractivity contribution is 0.0952. The summed E-state index contributed by atoms with van der Waals surface area (Å²) in [5.41, 5.74) is 4.65. The Labute approximate surface area is 234 Å². The van der Waals surface area contributed by atoms with Gasteiger partial charge in [0.15, 0.2) is 5.15 Å². The molecule has 0 unspecified atom stereocenters. The summed E-state index contributed by atoms with van der Waals surface area (Å²) in [6, 6.07) is 18.4. The summed E-state index contributed by atoms with van der Waals surface area (Å²) < 4.78 is 0. The van der Waals surface area contributed by atoms with Crippen LogP contribution in [0.2, 0.25) is 5.15 Å². The number of anilines is 2. The fourth-order valence-corrected chi connectivity index (χ4v) is 5.91. The standard InChI is InChI=1S/C29H24ClN5O3S/c1-16-14-22(26(30)34-33-16)27(36)31-19-8-6-17(7-9-19)29(38)35-13-12-18-15-24(28(37)32-20-10-11-20)39-25(18)21-4-2-3-5-23(21)35/h2-9,14-15,20H,10-13H2,1H3,(H,31,36)(H,32,37). The van der Waals surface area contributed by atoms with Gasteiger partial charge in [-0.05, 0) is 74.2 Å². The van der Waals surface area contributed by atoms with Crippen LogP contribution >= 0.6 is 22.9 Å². The highest BCUT2D eigenvalue weighted by Gasteiger charge is 2.29. The first-order valence-electron chi connectivity index (χ1n) is 12.6. The van der Waals surface area contributed by atoms with E-state index in [-0.39, 0.29) is 22.5 Å². The summed E-state index contributed by atoms with van der Waals surface area (Å²) in [5, 5.41) is 13.5. The number of thiophene rings is 1. The minimum absolute atomic E-state index is 0.0221. The summed E-state index contributed by atoms with van der Waals surface area (Å²) in [6.45, 7) is 2.21. The van der Waals surface area contributed by atoms with E-state index in [1.807, 2.05) is 30.3 Å². The van der Waals surface area contributed by atoms with E-state index in [0.717, 1.165) is 34.5 Å². The third kappa shape index (κ3) is 5.15. The van der Waals surface area contributed by atoms with Crippen molar-refractivity contribution in [1.82, 2.24) is 15.5 Å². The Bertz CT molecular complexity index is 1610. The molecule has 4 aromatic rings. The molecule has 1 aliphatic carbocycles. The number of amides is 3. The fourth-order valence-electron chi connectivity index (χ4n) is 4.59. The summed E-state index contributed by atoms with van der Waals surface area (Å²) >= 11 is 7.51. The molecular weight excluding hydrogens is 534 g/mol. The lowest BCUT2D eigenvalue weighted by atomic mass is 10.1. The molecule has 2 aliphatic rings. The predicted octanol–water partition coefficient (Wildman–Crippen LogP) is 5.51. The largest absolute Gasteiger partial charge is 0.349 e. The molecule has 0 saturated heterocycles. The minimum Gasteiger partial charge on any atom is -0.349 e. The Morgan fingerprint density at radius 2 is 1.77 bits per heavy atom. The topological polar surface area (TPSA) is 104 Å². The van der Waals surface area contributed by atoms with Crippen molar-refractivity contribution in [3.05, 3.63) is 93.1 Å². The van der Waals surface area contributed by atoms with E-state index >= 15 is 0 Å². The van der Waals surface area contributed by atoms with Crippen LogP contribution in [0.25, 0.3) is 10.4 Å². The zero-order valence-electron chi connectivity index (χ0n) is 21.0. The molecule has 3 heterocycles. The van der Waals surface area contributed by atoms with E-state index in [0.29, 0.717) is 40.8 Å². The lowest BCUT2D eigenvalue weighted by Crippen LogP contribution is -2.32. The third-order valence-corrected chi connectivity index (χ3v) is 8.23. The highest BCUT2D eigenvalue weighted by Crippen LogP contribution is 2.42. The van der Waals surface area contributed by atoms with E-state index < -0.39 is 5.91 Å². The van der Waals surface area contributed by atoms with Crippen LogP contribution < -0.4 is 15.5 Å². The van der Waals surface area contributed by atoms with Gasteiger partial charge in [0.1, 0.15) is 0 Å². The second-order valence-corrected chi connectivity index (χ2v) is 11.1. The van der Waals surface area contributed by atoms with Gasteiger partial charge in [-0.2, -0.15) is 5.10 Å². The van der Waals surface area contributed by atoms with Crippen molar-refractivity contribution in [2.45, 2.75) is 32.2 Å². The van der Waals surface area contributed by atoms with Gasteiger partial charge in [-0.1, -0.05) is 29.8 Å². The highest BCUT2D eigenvalue weighted by molar-refractivity contribution is 7.17. The van der Waals surface area contributed by atoms with Crippen molar-refractivity contribution in [2.75, 3.05) is 16.8 Å². The molecule has 10 heteroatoms. The third-order valence-electron chi connectivity index (χ3n) is 6.74. The van der Waals surface area contributed by atoms with Crippen molar-refractivity contribution >= 4 is 52.0 Å². The molecule has 2 aromatic carbocycles. The van der Waals surface area contributed by atoms with Gasteiger partial charge in [-0.25, -0.2) is 0 Å². The SMILES string of the molecule is Cc1cc(C(=O)Nc2ccc(C(=O)N3CCc4cc(C(=O)NC5CC5)sc4-c4ccccc43)cc2)c(Cl)nn1. The van der Waals surface area contributed by atoms with Gasteiger partial charge < -0.3 is 15.5 Å². The highest BCUT2D eigenvalue weighted by atomic mass is 35.5.